The minimum atomic E-state index is 0.264. The summed E-state index contributed by atoms with van der Waals surface area (Å²) in [5, 5.41) is 3.61. The van der Waals surface area contributed by atoms with Crippen LogP contribution in [0, 0.1) is 0 Å². The third kappa shape index (κ3) is 5.49. The molecule has 1 unspecified atom stereocenters. The molecular weight excluding hydrogens is 294 g/mol. The van der Waals surface area contributed by atoms with E-state index in [9.17, 15) is 0 Å². The number of nitrogens with one attached hydrogen (secondary N) is 1. The van der Waals surface area contributed by atoms with Crippen molar-refractivity contribution in [2.24, 2.45) is 0 Å². The molecule has 4 heteroatoms. The summed E-state index contributed by atoms with van der Waals surface area (Å²) in [5.41, 5.74) is 1.30. The maximum absolute atomic E-state index is 6.02. The SMILES string of the molecule is CSC(C)(C)CNC(C)c1ccc(OC2CCOCC2)cc1. The third-order valence-electron chi connectivity index (χ3n) is 4.24. The fraction of sp³-hybridized carbons (Fsp3) is 0.667. The van der Waals surface area contributed by atoms with Gasteiger partial charge in [-0.05, 0) is 44.7 Å². The monoisotopic (exact) mass is 323 g/mol. The van der Waals surface area contributed by atoms with E-state index in [1.165, 1.54) is 5.56 Å². The van der Waals surface area contributed by atoms with Gasteiger partial charge in [-0.3, -0.25) is 0 Å². The van der Waals surface area contributed by atoms with Gasteiger partial charge in [-0.2, -0.15) is 11.8 Å². The summed E-state index contributed by atoms with van der Waals surface area (Å²) in [6, 6.07) is 8.85. The molecule has 124 valence electrons. The normalized spacial score (nSPS) is 18.2. The number of rotatable bonds is 7. The molecule has 1 aromatic rings. The zero-order chi connectivity index (χ0) is 16.0. The molecule has 1 aromatic carbocycles. The second-order valence-corrected chi connectivity index (χ2v) is 8.08. The molecule has 1 heterocycles. The van der Waals surface area contributed by atoms with Crippen LogP contribution in [-0.2, 0) is 4.74 Å². The summed E-state index contributed by atoms with van der Waals surface area (Å²) < 4.78 is 11.6. The Bertz CT molecular complexity index is 441. The molecular formula is C18H29NO2S. The van der Waals surface area contributed by atoms with Crippen LogP contribution in [0.2, 0.25) is 0 Å². The summed E-state index contributed by atoms with van der Waals surface area (Å²) in [6.07, 6.45) is 4.44. The van der Waals surface area contributed by atoms with Gasteiger partial charge >= 0.3 is 0 Å². The lowest BCUT2D eigenvalue weighted by Crippen LogP contribution is -2.33. The lowest BCUT2D eigenvalue weighted by Gasteiger charge is -2.26. The molecule has 0 bridgehead atoms. The minimum Gasteiger partial charge on any atom is -0.490 e. The van der Waals surface area contributed by atoms with E-state index in [2.05, 4.69) is 56.6 Å². The Hall–Kier alpha value is -0.710. The average molecular weight is 324 g/mol. The summed E-state index contributed by atoms with van der Waals surface area (Å²) >= 11 is 1.89. The highest BCUT2D eigenvalue weighted by Crippen LogP contribution is 2.23. The molecule has 3 nitrogen and oxygen atoms in total. The van der Waals surface area contributed by atoms with E-state index in [0.717, 1.165) is 38.3 Å². The quantitative estimate of drug-likeness (QED) is 0.820. The predicted molar refractivity (Wildman–Crippen MR) is 94.9 cm³/mol. The second-order valence-electron chi connectivity index (χ2n) is 6.57. The van der Waals surface area contributed by atoms with E-state index in [1.54, 1.807) is 0 Å². The maximum atomic E-state index is 6.02. The van der Waals surface area contributed by atoms with E-state index >= 15 is 0 Å². The molecule has 22 heavy (non-hydrogen) atoms. The van der Waals surface area contributed by atoms with Gasteiger partial charge in [0, 0.05) is 30.2 Å². The van der Waals surface area contributed by atoms with Crippen LogP contribution in [-0.4, -0.2) is 36.9 Å². The lowest BCUT2D eigenvalue weighted by atomic mass is 10.1. The molecule has 1 atom stereocenters. The van der Waals surface area contributed by atoms with Crippen molar-refractivity contribution in [2.45, 2.75) is 50.5 Å². The van der Waals surface area contributed by atoms with Crippen molar-refractivity contribution in [1.29, 1.82) is 0 Å². The van der Waals surface area contributed by atoms with Crippen LogP contribution in [0.4, 0.5) is 0 Å². The van der Waals surface area contributed by atoms with Gasteiger partial charge in [0.25, 0.3) is 0 Å². The molecule has 0 radical (unpaired) electrons. The first-order chi connectivity index (χ1) is 10.5. The van der Waals surface area contributed by atoms with Gasteiger partial charge in [0.2, 0.25) is 0 Å². The Morgan fingerprint density at radius 2 is 1.91 bits per heavy atom. The van der Waals surface area contributed by atoms with Crippen LogP contribution >= 0.6 is 11.8 Å². The average Bonchev–Trinajstić information content (AvgIpc) is 2.54. The van der Waals surface area contributed by atoms with Crippen molar-refractivity contribution in [3.63, 3.8) is 0 Å². The number of hydrogen-bond acceptors (Lipinski definition) is 4. The van der Waals surface area contributed by atoms with E-state index < -0.39 is 0 Å². The zero-order valence-corrected chi connectivity index (χ0v) is 15.0. The van der Waals surface area contributed by atoms with Crippen LogP contribution in [0.5, 0.6) is 5.75 Å². The largest absolute Gasteiger partial charge is 0.490 e. The van der Waals surface area contributed by atoms with E-state index in [1.807, 2.05) is 11.8 Å². The van der Waals surface area contributed by atoms with E-state index in [-0.39, 0.29) is 4.75 Å². The van der Waals surface area contributed by atoms with Gasteiger partial charge in [0.15, 0.2) is 0 Å². The van der Waals surface area contributed by atoms with E-state index in [4.69, 9.17) is 9.47 Å². The molecule has 2 rings (SSSR count). The zero-order valence-electron chi connectivity index (χ0n) is 14.2. The van der Waals surface area contributed by atoms with Gasteiger partial charge < -0.3 is 14.8 Å². The Morgan fingerprint density at radius 3 is 2.50 bits per heavy atom. The Balaban J connectivity index is 1.85. The number of thioether (sulfide) groups is 1. The number of hydrogen-bond donors (Lipinski definition) is 1. The molecule has 0 saturated carbocycles. The fourth-order valence-electron chi connectivity index (χ4n) is 2.41. The van der Waals surface area contributed by atoms with Crippen molar-refractivity contribution in [3.05, 3.63) is 29.8 Å². The summed E-state index contributed by atoms with van der Waals surface area (Å²) in [6.45, 7) is 9.37. The maximum Gasteiger partial charge on any atom is 0.119 e. The van der Waals surface area contributed by atoms with E-state index in [0.29, 0.717) is 12.1 Å². The molecule has 1 N–H and O–H groups in total. The number of ether oxygens (including phenoxy) is 2. The Morgan fingerprint density at radius 1 is 1.27 bits per heavy atom. The van der Waals surface area contributed by atoms with Gasteiger partial charge in [-0.1, -0.05) is 12.1 Å². The van der Waals surface area contributed by atoms with Crippen molar-refractivity contribution in [3.8, 4) is 5.75 Å². The van der Waals surface area contributed by atoms with Gasteiger partial charge in [0.05, 0.1) is 13.2 Å². The highest BCUT2D eigenvalue weighted by Gasteiger charge is 2.18. The standard InChI is InChI=1S/C18H29NO2S/c1-14(19-13-18(2,3)22-4)15-5-7-16(8-6-15)21-17-9-11-20-12-10-17/h5-8,14,17,19H,9-13H2,1-4H3. The molecule has 1 saturated heterocycles. The van der Waals surface area contributed by atoms with Crippen LogP contribution in [0.15, 0.2) is 24.3 Å². The first-order valence-electron chi connectivity index (χ1n) is 8.13. The van der Waals surface area contributed by atoms with Crippen LogP contribution < -0.4 is 10.1 Å². The van der Waals surface area contributed by atoms with Crippen LogP contribution in [0.3, 0.4) is 0 Å². The Kier molecular flexibility index (Phi) is 6.60. The van der Waals surface area contributed by atoms with Crippen molar-refractivity contribution >= 4 is 11.8 Å². The molecule has 0 spiro atoms. The smallest absolute Gasteiger partial charge is 0.119 e. The predicted octanol–water partition coefficient (Wildman–Crippen LogP) is 4.04. The van der Waals surface area contributed by atoms with Crippen molar-refractivity contribution in [1.82, 2.24) is 5.32 Å². The van der Waals surface area contributed by atoms with Crippen molar-refractivity contribution < 1.29 is 9.47 Å². The van der Waals surface area contributed by atoms with Gasteiger partial charge in [-0.25, -0.2) is 0 Å². The fourth-order valence-corrected chi connectivity index (χ4v) is 2.64. The third-order valence-corrected chi connectivity index (χ3v) is 5.49. The second kappa shape index (κ2) is 8.23. The highest BCUT2D eigenvalue weighted by molar-refractivity contribution is 7.99. The Labute approximate surface area is 139 Å². The van der Waals surface area contributed by atoms with Gasteiger partial charge in [-0.15, -0.1) is 0 Å². The molecule has 0 aliphatic carbocycles. The minimum absolute atomic E-state index is 0.264. The first kappa shape index (κ1) is 17.6. The lowest BCUT2D eigenvalue weighted by molar-refractivity contribution is 0.0255. The molecule has 1 aliphatic rings. The summed E-state index contributed by atoms with van der Waals surface area (Å²) in [5.74, 6) is 0.965. The van der Waals surface area contributed by atoms with Gasteiger partial charge in [0.1, 0.15) is 11.9 Å². The molecule has 0 aromatic heterocycles. The summed E-state index contributed by atoms with van der Waals surface area (Å²) in [4.78, 5) is 0. The number of benzene rings is 1. The molecule has 1 fully saturated rings. The van der Waals surface area contributed by atoms with Crippen LogP contribution in [0.25, 0.3) is 0 Å². The summed E-state index contributed by atoms with van der Waals surface area (Å²) in [7, 11) is 0. The molecule has 1 aliphatic heterocycles. The highest BCUT2D eigenvalue weighted by atomic mass is 32.2. The van der Waals surface area contributed by atoms with Crippen molar-refractivity contribution in [2.75, 3.05) is 26.0 Å². The first-order valence-corrected chi connectivity index (χ1v) is 9.35. The molecule has 0 amide bonds. The topological polar surface area (TPSA) is 30.5 Å². The van der Waals surface area contributed by atoms with Crippen LogP contribution in [0.1, 0.15) is 45.2 Å².